The van der Waals surface area contributed by atoms with E-state index in [1.54, 1.807) is 9.80 Å². The van der Waals surface area contributed by atoms with E-state index < -0.39 is 67.0 Å². The Balaban J connectivity index is 1.40. The van der Waals surface area contributed by atoms with Crippen molar-refractivity contribution in [3.63, 3.8) is 0 Å². The van der Waals surface area contributed by atoms with Gasteiger partial charge >= 0.3 is 6.03 Å². The SMILES string of the molecule is C=CC(=O)N1CCN(C2NC(=O)N3C4C(C)NCNC4OC4C(C)CCC(F)C4C4C(F)CC2C3N4[O-])[C@@H](C)C1. The van der Waals surface area contributed by atoms with E-state index >= 15 is 8.78 Å². The number of piperidine rings is 1. The van der Waals surface area contributed by atoms with Crippen LogP contribution in [0.5, 0.6) is 0 Å². The summed E-state index contributed by atoms with van der Waals surface area (Å²) < 4.78 is 38.6. The fourth-order valence-corrected chi connectivity index (χ4v) is 8.37. The fourth-order valence-electron chi connectivity index (χ4n) is 8.37. The van der Waals surface area contributed by atoms with Crippen LogP contribution < -0.4 is 16.0 Å². The Hall–Kier alpha value is -1.90. The summed E-state index contributed by atoms with van der Waals surface area (Å²) in [5.74, 6) is -1.72. The Morgan fingerprint density at radius 3 is 2.62 bits per heavy atom. The molecule has 40 heavy (non-hydrogen) atoms. The van der Waals surface area contributed by atoms with Crippen molar-refractivity contribution in [1.82, 2.24) is 35.7 Å². The maximum absolute atomic E-state index is 16.3. The van der Waals surface area contributed by atoms with E-state index in [0.717, 1.165) is 5.06 Å². The van der Waals surface area contributed by atoms with Crippen LogP contribution in [0.25, 0.3) is 0 Å². The maximum Gasteiger partial charge on any atom is 0.320 e. The summed E-state index contributed by atoms with van der Waals surface area (Å²) in [6.07, 6.45) is -3.69. The number of alkyl halides is 2. The Bertz CT molecular complexity index is 1010. The highest BCUT2D eigenvalue weighted by Crippen LogP contribution is 2.48. The van der Waals surface area contributed by atoms with Crippen LogP contribution in [0.3, 0.4) is 0 Å². The van der Waals surface area contributed by atoms with Gasteiger partial charge in [-0.05, 0) is 45.1 Å². The number of nitrogens with zero attached hydrogens (tertiary/aromatic N) is 4. The van der Waals surface area contributed by atoms with Gasteiger partial charge < -0.3 is 30.1 Å². The molecule has 12 unspecified atom stereocenters. The van der Waals surface area contributed by atoms with Crippen molar-refractivity contribution in [1.29, 1.82) is 0 Å². The topological polar surface area (TPSA) is 115 Å². The standard InChI is InChI=1S/C27H42F2N7O4/c1-5-19(37)33-8-9-34(14(3)11-33)24-16-10-18(29)22-20-17(28)7-6-13(2)23(20)40-25-21(15(4)30-12-31-25)35(27(38)32-24)26(16)36(22)39/h5,13-18,20-26,30-31H,1,6-12H2,2-4H3,(H,32,38)/q-1/t13?,14-,15?,16?,17?,18?,20?,21?,22?,23?,24?,25?,26?/m0/s1. The molecule has 5 saturated heterocycles. The van der Waals surface area contributed by atoms with E-state index in [4.69, 9.17) is 4.74 Å². The monoisotopic (exact) mass is 566 g/mol. The Morgan fingerprint density at radius 1 is 1.12 bits per heavy atom. The summed E-state index contributed by atoms with van der Waals surface area (Å²) >= 11 is 0. The van der Waals surface area contributed by atoms with Crippen molar-refractivity contribution < 1.29 is 23.1 Å². The summed E-state index contributed by atoms with van der Waals surface area (Å²) in [5.41, 5.74) is 0. The molecule has 224 valence electrons. The van der Waals surface area contributed by atoms with Gasteiger partial charge in [0.1, 0.15) is 18.6 Å². The summed E-state index contributed by atoms with van der Waals surface area (Å²) in [7, 11) is 0. The van der Waals surface area contributed by atoms with E-state index in [9.17, 15) is 14.8 Å². The van der Waals surface area contributed by atoms with Crippen molar-refractivity contribution in [3.8, 4) is 0 Å². The van der Waals surface area contributed by atoms with Crippen LogP contribution in [0.4, 0.5) is 13.6 Å². The van der Waals surface area contributed by atoms with Crippen LogP contribution in [0, 0.1) is 23.0 Å². The van der Waals surface area contributed by atoms with Crippen LogP contribution >= 0.6 is 0 Å². The number of nitrogens with one attached hydrogen (secondary N) is 3. The first-order valence-corrected chi connectivity index (χ1v) is 14.7. The lowest BCUT2D eigenvalue weighted by atomic mass is 9.70. The number of carbonyl (C=O) groups is 2. The number of ether oxygens (including phenoxy) is 1. The highest BCUT2D eigenvalue weighted by Gasteiger charge is 2.60. The molecule has 13 atom stereocenters. The van der Waals surface area contributed by atoms with E-state index in [1.165, 1.54) is 6.08 Å². The third-order valence-electron chi connectivity index (χ3n) is 10.3. The molecule has 0 aromatic carbocycles. The van der Waals surface area contributed by atoms with Gasteiger partial charge in [0.25, 0.3) is 0 Å². The second-order valence-electron chi connectivity index (χ2n) is 12.6. The zero-order valence-corrected chi connectivity index (χ0v) is 23.4. The van der Waals surface area contributed by atoms with Crippen LogP contribution in [0.2, 0.25) is 0 Å². The fraction of sp³-hybridized carbons (Fsp3) is 0.852. The van der Waals surface area contributed by atoms with E-state index in [1.807, 2.05) is 20.8 Å². The van der Waals surface area contributed by atoms with Crippen molar-refractivity contribution in [3.05, 3.63) is 17.9 Å². The highest BCUT2D eigenvalue weighted by atomic mass is 19.1. The van der Waals surface area contributed by atoms with Gasteiger partial charge in [0.05, 0.1) is 24.5 Å². The molecule has 5 aliphatic heterocycles. The Labute approximate surface area is 234 Å². The number of amides is 3. The molecule has 13 heteroatoms. The number of rotatable bonds is 2. The third-order valence-corrected chi connectivity index (χ3v) is 10.3. The molecule has 6 fully saturated rings. The first kappa shape index (κ1) is 28.2. The van der Waals surface area contributed by atoms with Gasteiger partial charge in [-0.15, -0.1) is 0 Å². The minimum atomic E-state index is -1.58. The normalized spacial score (nSPS) is 48.1. The van der Waals surface area contributed by atoms with Crippen LogP contribution in [-0.4, -0.2) is 119 Å². The average molecular weight is 567 g/mol. The van der Waals surface area contributed by atoms with Crippen LogP contribution in [0.1, 0.15) is 40.0 Å². The molecule has 1 saturated carbocycles. The average Bonchev–Trinajstić information content (AvgIpc) is 2.96. The third kappa shape index (κ3) is 4.44. The maximum atomic E-state index is 16.3. The van der Waals surface area contributed by atoms with Gasteiger partial charge in [0.15, 0.2) is 0 Å². The van der Waals surface area contributed by atoms with E-state index in [2.05, 4.69) is 27.4 Å². The lowest BCUT2D eigenvalue weighted by Gasteiger charge is -2.64. The molecule has 2 bridgehead atoms. The van der Waals surface area contributed by atoms with Gasteiger partial charge in [0, 0.05) is 56.3 Å². The van der Waals surface area contributed by atoms with Crippen LogP contribution in [0.15, 0.2) is 12.7 Å². The van der Waals surface area contributed by atoms with E-state index in [0.29, 0.717) is 32.7 Å². The van der Waals surface area contributed by atoms with Gasteiger partial charge in [-0.25, -0.2) is 13.6 Å². The van der Waals surface area contributed by atoms with Crippen LogP contribution in [-0.2, 0) is 9.53 Å². The van der Waals surface area contributed by atoms with Gasteiger partial charge in [-0.2, -0.15) is 0 Å². The van der Waals surface area contributed by atoms with Crippen molar-refractivity contribution in [2.24, 2.45) is 17.8 Å². The molecule has 0 radical (unpaired) electrons. The molecule has 0 spiro atoms. The molecular weight excluding hydrogens is 524 g/mol. The summed E-state index contributed by atoms with van der Waals surface area (Å²) in [6, 6.07) is -2.62. The summed E-state index contributed by atoms with van der Waals surface area (Å²) in [6.45, 7) is 11.2. The Morgan fingerprint density at radius 2 is 1.90 bits per heavy atom. The molecule has 5 heterocycles. The molecule has 0 aromatic heterocycles. The van der Waals surface area contributed by atoms with E-state index in [-0.39, 0.29) is 36.8 Å². The largest absolute Gasteiger partial charge is 0.783 e. The highest BCUT2D eigenvalue weighted by molar-refractivity contribution is 5.87. The molecule has 3 amide bonds. The lowest BCUT2D eigenvalue weighted by molar-refractivity contribution is -0.152. The predicted molar refractivity (Wildman–Crippen MR) is 143 cm³/mol. The molecule has 1 aliphatic carbocycles. The number of fused-ring (bicyclic) bond motifs is 5. The van der Waals surface area contributed by atoms with Gasteiger partial charge in [-0.3, -0.25) is 20.3 Å². The summed E-state index contributed by atoms with van der Waals surface area (Å²) in [4.78, 5) is 31.6. The van der Waals surface area contributed by atoms with Crippen molar-refractivity contribution in [2.75, 3.05) is 26.3 Å². The number of carbonyl (C=O) groups excluding carboxylic acids is 2. The molecule has 0 aromatic rings. The number of halogens is 2. The lowest BCUT2D eigenvalue weighted by Crippen LogP contribution is -2.80. The Kier molecular flexibility index (Phi) is 7.58. The molecule has 11 nitrogen and oxygen atoms in total. The number of hydrogen-bond acceptors (Lipinski definition) is 8. The zero-order valence-electron chi connectivity index (χ0n) is 23.4. The molecule has 6 aliphatic rings. The molecular formula is C27H42F2N7O4-. The van der Waals surface area contributed by atoms with Crippen molar-refractivity contribution in [2.45, 2.75) is 101 Å². The first-order chi connectivity index (χ1) is 19.1. The van der Waals surface area contributed by atoms with Gasteiger partial charge in [-0.1, -0.05) is 13.5 Å². The van der Waals surface area contributed by atoms with Gasteiger partial charge in [0.2, 0.25) is 5.91 Å². The number of hydroxylamine groups is 2. The van der Waals surface area contributed by atoms with Crippen molar-refractivity contribution >= 4 is 11.9 Å². The second-order valence-corrected chi connectivity index (χ2v) is 12.6. The minimum Gasteiger partial charge on any atom is -0.783 e. The summed E-state index contributed by atoms with van der Waals surface area (Å²) in [5, 5.41) is 24.9. The first-order valence-electron chi connectivity index (χ1n) is 14.7. The smallest absolute Gasteiger partial charge is 0.320 e. The number of urea groups is 1. The molecule has 3 N–H and O–H groups in total. The number of piperazine rings is 1. The zero-order chi connectivity index (χ0) is 28.5. The number of hydrogen-bond donors (Lipinski definition) is 3. The second kappa shape index (κ2) is 10.7. The minimum absolute atomic E-state index is 0.0188. The molecule has 6 rings (SSSR count). The predicted octanol–water partition coefficient (Wildman–Crippen LogP) is 0.925. The quantitative estimate of drug-likeness (QED) is 0.423.